The number of benzene rings is 2. The summed E-state index contributed by atoms with van der Waals surface area (Å²) in [5.41, 5.74) is 0.692. The number of nitriles is 1. The van der Waals surface area contributed by atoms with Gasteiger partial charge in [-0.25, -0.2) is 0 Å². The minimum absolute atomic E-state index is 0.490. The van der Waals surface area contributed by atoms with E-state index in [1.807, 2.05) is 36.4 Å². The molecule has 0 saturated heterocycles. The highest BCUT2D eigenvalue weighted by Crippen LogP contribution is 2.28. The van der Waals surface area contributed by atoms with E-state index in [4.69, 9.17) is 10.00 Å². The molecule has 2 aromatic rings. The van der Waals surface area contributed by atoms with Gasteiger partial charge in [0.25, 0.3) is 0 Å². The first-order chi connectivity index (χ1) is 8.22. The van der Waals surface area contributed by atoms with Crippen LogP contribution in [0.1, 0.15) is 19.4 Å². The van der Waals surface area contributed by atoms with Crippen LogP contribution in [-0.4, -0.2) is 6.61 Å². The summed E-state index contributed by atoms with van der Waals surface area (Å²) in [7, 11) is 0. The van der Waals surface area contributed by atoms with Gasteiger partial charge in [0.15, 0.2) is 0 Å². The zero-order chi connectivity index (χ0) is 12.3. The second-order valence-corrected chi connectivity index (χ2v) is 4.47. The molecule has 86 valence electrons. The lowest BCUT2D eigenvalue weighted by Gasteiger charge is -2.11. The minimum atomic E-state index is 0.490. The van der Waals surface area contributed by atoms with Gasteiger partial charge in [-0.1, -0.05) is 38.1 Å². The normalized spacial score (nSPS) is 10.5. The predicted molar refractivity (Wildman–Crippen MR) is 69.0 cm³/mol. The molecule has 0 aliphatic carbocycles. The third-order valence-corrected chi connectivity index (χ3v) is 2.58. The first-order valence-electron chi connectivity index (χ1n) is 5.77. The second kappa shape index (κ2) is 4.88. The highest BCUT2D eigenvalue weighted by atomic mass is 16.5. The lowest BCUT2D eigenvalue weighted by molar-refractivity contribution is 0.274. The van der Waals surface area contributed by atoms with Gasteiger partial charge in [-0.05, 0) is 18.1 Å². The van der Waals surface area contributed by atoms with Crippen molar-refractivity contribution in [2.45, 2.75) is 13.8 Å². The number of nitrogens with zero attached hydrogens (tertiary/aromatic N) is 1. The van der Waals surface area contributed by atoms with Gasteiger partial charge < -0.3 is 4.74 Å². The summed E-state index contributed by atoms with van der Waals surface area (Å²) in [5, 5.41) is 11.0. The Morgan fingerprint density at radius 1 is 1.12 bits per heavy atom. The average molecular weight is 225 g/mol. The van der Waals surface area contributed by atoms with Crippen LogP contribution in [0.3, 0.4) is 0 Å². The first kappa shape index (κ1) is 11.5. The number of hydrogen-bond acceptors (Lipinski definition) is 2. The quantitative estimate of drug-likeness (QED) is 0.797. The van der Waals surface area contributed by atoms with Crippen LogP contribution in [0.4, 0.5) is 0 Å². The summed E-state index contributed by atoms with van der Waals surface area (Å²) in [4.78, 5) is 0. The molecular weight excluding hydrogens is 210 g/mol. The molecule has 0 amide bonds. The van der Waals surface area contributed by atoms with Gasteiger partial charge in [-0.2, -0.15) is 5.26 Å². The molecule has 0 radical (unpaired) electrons. The lowest BCUT2D eigenvalue weighted by atomic mass is 10.0. The molecule has 0 fully saturated rings. The van der Waals surface area contributed by atoms with Gasteiger partial charge >= 0.3 is 0 Å². The summed E-state index contributed by atoms with van der Waals surface area (Å²) in [6.45, 7) is 4.92. The number of hydrogen-bond donors (Lipinski definition) is 0. The summed E-state index contributed by atoms with van der Waals surface area (Å²) >= 11 is 0. The van der Waals surface area contributed by atoms with Crippen LogP contribution >= 0.6 is 0 Å². The van der Waals surface area contributed by atoms with Crippen molar-refractivity contribution < 1.29 is 4.74 Å². The first-order valence-corrected chi connectivity index (χ1v) is 5.77. The highest BCUT2D eigenvalue weighted by Gasteiger charge is 2.06. The minimum Gasteiger partial charge on any atom is -0.493 e. The second-order valence-electron chi connectivity index (χ2n) is 4.47. The summed E-state index contributed by atoms with van der Waals surface area (Å²) in [5.74, 6) is 1.35. The van der Waals surface area contributed by atoms with Gasteiger partial charge in [0.2, 0.25) is 0 Å². The summed E-state index contributed by atoms with van der Waals surface area (Å²) < 4.78 is 5.77. The molecule has 0 aromatic heterocycles. The van der Waals surface area contributed by atoms with Crippen LogP contribution in [0, 0.1) is 17.2 Å². The van der Waals surface area contributed by atoms with E-state index in [0.717, 1.165) is 16.5 Å². The zero-order valence-corrected chi connectivity index (χ0v) is 10.1. The van der Waals surface area contributed by atoms with Crippen LogP contribution < -0.4 is 4.74 Å². The molecule has 0 atom stereocenters. The van der Waals surface area contributed by atoms with Crippen molar-refractivity contribution >= 4 is 10.8 Å². The fraction of sp³-hybridized carbons (Fsp3) is 0.267. The maximum Gasteiger partial charge on any atom is 0.127 e. The van der Waals surface area contributed by atoms with Gasteiger partial charge in [-0.15, -0.1) is 0 Å². The molecule has 2 aromatic carbocycles. The van der Waals surface area contributed by atoms with Crippen molar-refractivity contribution in [2.24, 2.45) is 5.92 Å². The van der Waals surface area contributed by atoms with Crippen LogP contribution in [0.25, 0.3) is 10.8 Å². The van der Waals surface area contributed by atoms with E-state index >= 15 is 0 Å². The average Bonchev–Trinajstić information content (AvgIpc) is 2.35. The molecule has 2 nitrogen and oxygen atoms in total. The maximum absolute atomic E-state index is 9.05. The molecule has 0 heterocycles. The SMILES string of the molecule is CC(C)COc1ccc(C#N)c2ccccc12. The highest BCUT2D eigenvalue weighted by molar-refractivity contribution is 5.92. The Balaban J connectivity index is 2.48. The Kier molecular flexibility index (Phi) is 3.30. The Hall–Kier alpha value is -2.01. The molecule has 2 heteroatoms. The fourth-order valence-corrected chi connectivity index (χ4v) is 1.75. The number of fused-ring (bicyclic) bond motifs is 1. The van der Waals surface area contributed by atoms with Crippen molar-refractivity contribution in [2.75, 3.05) is 6.61 Å². The smallest absolute Gasteiger partial charge is 0.127 e. The monoisotopic (exact) mass is 225 g/mol. The molecule has 17 heavy (non-hydrogen) atoms. The van der Waals surface area contributed by atoms with E-state index in [1.165, 1.54) is 0 Å². The van der Waals surface area contributed by atoms with Crippen molar-refractivity contribution in [1.82, 2.24) is 0 Å². The molecular formula is C15H15NO. The van der Waals surface area contributed by atoms with E-state index in [9.17, 15) is 0 Å². The number of rotatable bonds is 3. The largest absolute Gasteiger partial charge is 0.493 e. The Morgan fingerprint density at radius 2 is 1.82 bits per heavy atom. The molecule has 0 aliphatic rings. The van der Waals surface area contributed by atoms with Crippen molar-refractivity contribution in [3.05, 3.63) is 42.0 Å². The third kappa shape index (κ3) is 2.39. The topological polar surface area (TPSA) is 33.0 Å². The van der Waals surface area contributed by atoms with E-state index in [2.05, 4.69) is 19.9 Å². The third-order valence-electron chi connectivity index (χ3n) is 2.58. The van der Waals surface area contributed by atoms with Crippen molar-refractivity contribution in [3.8, 4) is 11.8 Å². The molecule has 0 N–H and O–H groups in total. The standard InChI is InChI=1S/C15H15NO/c1-11(2)10-17-15-8-7-12(9-16)13-5-3-4-6-14(13)15/h3-8,11H,10H2,1-2H3. The molecule has 0 bridgehead atoms. The van der Waals surface area contributed by atoms with Crippen LogP contribution in [-0.2, 0) is 0 Å². The van der Waals surface area contributed by atoms with Crippen LogP contribution in [0.5, 0.6) is 5.75 Å². The molecule has 0 spiro atoms. The van der Waals surface area contributed by atoms with E-state index in [0.29, 0.717) is 18.1 Å². The zero-order valence-electron chi connectivity index (χ0n) is 10.1. The Morgan fingerprint density at radius 3 is 2.47 bits per heavy atom. The lowest BCUT2D eigenvalue weighted by Crippen LogP contribution is -2.04. The molecule has 0 aliphatic heterocycles. The number of ether oxygens (including phenoxy) is 1. The fourth-order valence-electron chi connectivity index (χ4n) is 1.75. The van der Waals surface area contributed by atoms with Gasteiger partial charge in [0, 0.05) is 10.8 Å². The molecule has 2 rings (SSSR count). The van der Waals surface area contributed by atoms with E-state index < -0.39 is 0 Å². The molecule has 0 saturated carbocycles. The summed E-state index contributed by atoms with van der Waals surface area (Å²) in [6.07, 6.45) is 0. The van der Waals surface area contributed by atoms with Gasteiger partial charge in [-0.3, -0.25) is 0 Å². The van der Waals surface area contributed by atoms with Crippen LogP contribution in [0.15, 0.2) is 36.4 Å². The molecule has 0 unspecified atom stereocenters. The van der Waals surface area contributed by atoms with Gasteiger partial charge in [0.05, 0.1) is 18.2 Å². The van der Waals surface area contributed by atoms with E-state index in [1.54, 1.807) is 0 Å². The summed E-state index contributed by atoms with van der Waals surface area (Å²) in [6, 6.07) is 13.8. The van der Waals surface area contributed by atoms with E-state index in [-0.39, 0.29) is 0 Å². The van der Waals surface area contributed by atoms with Crippen molar-refractivity contribution in [1.29, 1.82) is 5.26 Å². The Bertz CT molecular complexity index is 567. The van der Waals surface area contributed by atoms with Crippen LogP contribution in [0.2, 0.25) is 0 Å². The maximum atomic E-state index is 9.05. The Labute approximate surface area is 101 Å². The van der Waals surface area contributed by atoms with Crippen molar-refractivity contribution in [3.63, 3.8) is 0 Å². The predicted octanol–water partition coefficient (Wildman–Crippen LogP) is 3.75. The van der Waals surface area contributed by atoms with Gasteiger partial charge in [0.1, 0.15) is 5.75 Å².